The molecule has 2 aliphatic rings. The molecule has 1 aliphatic heterocycles. The van der Waals surface area contributed by atoms with Crippen molar-refractivity contribution in [3.05, 3.63) is 0 Å². The van der Waals surface area contributed by atoms with Gasteiger partial charge >= 0.3 is 0 Å². The minimum absolute atomic E-state index is 0.129. The zero-order chi connectivity index (χ0) is 12.8. The molecule has 1 fully saturated rings. The number of anilines is 1. The van der Waals surface area contributed by atoms with Crippen LogP contribution in [-0.4, -0.2) is 43.9 Å². The fourth-order valence-corrected chi connectivity index (χ4v) is 3.08. The maximum atomic E-state index is 5.42. The van der Waals surface area contributed by atoms with Gasteiger partial charge in [0.2, 0.25) is 16.2 Å². The van der Waals surface area contributed by atoms with Crippen LogP contribution < -0.4 is 10.7 Å². The molecule has 1 spiro atoms. The van der Waals surface area contributed by atoms with Gasteiger partial charge in [0, 0.05) is 7.05 Å². The lowest BCUT2D eigenvalue weighted by Crippen LogP contribution is -2.56. The van der Waals surface area contributed by atoms with Gasteiger partial charge in [-0.1, -0.05) is 11.8 Å². The zero-order valence-corrected chi connectivity index (χ0v) is 12.1. The standard InChI is InChI=1S/C10H16N6S2/c1-15-9(17)16-7(11-8(13-16)18-2)12-10(14-15)5-3-4-6-10/h14H,3-6H2,1-2H3,(H,11,12,13). The third-order valence-electron chi connectivity index (χ3n) is 3.43. The molecule has 8 heteroatoms. The highest BCUT2D eigenvalue weighted by Gasteiger charge is 2.39. The van der Waals surface area contributed by atoms with Gasteiger partial charge in [0.1, 0.15) is 5.66 Å². The van der Waals surface area contributed by atoms with Crippen LogP contribution in [-0.2, 0) is 0 Å². The number of hydrazine groups is 1. The molecule has 1 aromatic heterocycles. The van der Waals surface area contributed by atoms with Gasteiger partial charge in [0.05, 0.1) is 0 Å². The Morgan fingerprint density at radius 3 is 2.78 bits per heavy atom. The quantitative estimate of drug-likeness (QED) is 0.595. The Labute approximate surface area is 115 Å². The van der Waals surface area contributed by atoms with Crippen LogP contribution in [0.25, 0.3) is 0 Å². The Balaban J connectivity index is 2.02. The molecular weight excluding hydrogens is 268 g/mol. The SMILES string of the molecule is CSc1nc2n(n1)C(=S)N(C)NC1(CCCC1)N2. The summed E-state index contributed by atoms with van der Waals surface area (Å²) < 4.78 is 1.70. The van der Waals surface area contributed by atoms with E-state index >= 15 is 0 Å². The van der Waals surface area contributed by atoms with Crippen LogP contribution in [0.15, 0.2) is 5.16 Å². The molecule has 1 aromatic rings. The lowest BCUT2D eigenvalue weighted by Gasteiger charge is -2.33. The van der Waals surface area contributed by atoms with Crippen LogP contribution in [0.3, 0.4) is 0 Å². The van der Waals surface area contributed by atoms with E-state index < -0.39 is 0 Å². The number of hydrogen-bond acceptors (Lipinski definition) is 6. The van der Waals surface area contributed by atoms with E-state index in [0.29, 0.717) is 5.11 Å². The van der Waals surface area contributed by atoms with E-state index in [1.54, 1.807) is 4.68 Å². The summed E-state index contributed by atoms with van der Waals surface area (Å²) in [5.41, 5.74) is 3.32. The van der Waals surface area contributed by atoms with Gasteiger partial charge in [-0.25, -0.2) is 5.43 Å². The number of hydrogen-bond donors (Lipinski definition) is 2. The van der Waals surface area contributed by atoms with Crippen molar-refractivity contribution in [2.24, 2.45) is 0 Å². The Bertz CT molecular complexity index is 479. The molecule has 1 saturated carbocycles. The predicted molar refractivity (Wildman–Crippen MR) is 75.5 cm³/mol. The molecule has 0 saturated heterocycles. The van der Waals surface area contributed by atoms with Crippen LogP contribution in [0.1, 0.15) is 25.7 Å². The smallest absolute Gasteiger partial charge is 0.230 e. The third kappa shape index (κ3) is 1.88. The lowest BCUT2D eigenvalue weighted by molar-refractivity contribution is 0.232. The molecule has 1 aliphatic carbocycles. The minimum Gasteiger partial charge on any atom is -0.334 e. The average Bonchev–Trinajstić information content (AvgIpc) is 2.93. The molecule has 0 unspecified atom stereocenters. The van der Waals surface area contributed by atoms with Gasteiger partial charge < -0.3 is 5.32 Å². The highest BCUT2D eigenvalue weighted by atomic mass is 32.2. The average molecular weight is 284 g/mol. The van der Waals surface area contributed by atoms with Crippen molar-refractivity contribution in [3.8, 4) is 0 Å². The first-order valence-electron chi connectivity index (χ1n) is 5.99. The molecule has 0 amide bonds. The Hall–Kier alpha value is -0.860. The number of rotatable bonds is 1. The van der Waals surface area contributed by atoms with Crippen molar-refractivity contribution < 1.29 is 0 Å². The van der Waals surface area contributed by atoms with E-state index in [-0.39, 0.29) is 5.66 Å². The summed E-state index contributed by atoms with van der Waals surface area (Å²) in [5.74, 6) is 0.739. The van der Waals surface area contributed by atoms with Crippen LogP contribution >= 0.6 is 24.0 Å². The molecule has 98 valence electrons. The molecule has 2 N–H and O–H groups in total. The van der Waals surface area contributed by atoms with Crippen molar-refractivity contribution in [1.82, 2.24) is 25.2 Å². The second-order valence-corrected chi connectivity index (χ2v) is 5.84. The highest BCUT2D eigenvalue weighted by molar-refractivity contribution is 7.98. The van der Waals surface area contributed by atoms with Crippen LogP contribution in [0.4, 0.5) is 5.95 Å². The van der Waals surface area contributed by atoms with Crippen molar-refractivity contribution >= 4 is 35.0 Å². The summed E-state index contributed by atoms with van der Waals surface area (Å²) in [6.07, 6.45) is 6.53. The number of thiocarbonyl (C=S) groups is 1. The summed E-state index contributed by atoms with van der Waals surface area (Å²) in [6.45, 7) is 0. The largest absolute Gasteiger partial charge is 0.334 e. The van der Waals surface area contributed by atoms with Gasteiger partial charge in [-0.2, -0.15) is 9.67 Å². The molecule has 0 radical (unpaired) electrons. The van der Waals surface area contributed by atoms with Crippen molar-refractivity contribution in [2.75, 3.05) is 18.6 Å². The molecule has 6 nitrogen and oxygen atoms in total. The topological polar surface area (TPSA) is 58.0 Å². The number of aromatic nitrogens is 3. The van der Waals surface area contributed by atoms with E-state index in [9.17, 15) is 0 Å². The van der Waals surface area contributed by atoms with Crippen molar-refractivity contribution in [3.63, 3.8) is 0 Å². The van der Waals surface area contributed by atoms with E-state index in [1.165, 1.54) is 24.6 Å². The van der Waals surface area contributed by atoms with Crippen LogP contribution in [0, 0.1) is 0 Å². The van der Waals surface area contributed by atoms with Gasteiger partial charge in [-0.3, -0.25) is 5.01 Å². The summed E-state index contributed by atoms with van der Waals surface area (Å²) in [6, 6.07) is 0. The molecule has 0 aromatic carbocycles. The Morgan fingerprint density at radius 2 is 2.11 bits per heavy atom. The van der Waals surface area contributed by atoms with E-state index in [4.69, 9.17) is 12.2 Å². The maximum Gasteiger partial charge on any atom is 0.230 e. The van der Waals surface area contributed by atoms with Gasteiger partial charge in [0.25, 0.3) is 0 Å². The summed E-state index contributed by atoms with van der Waals surface area (Å²) in [4.78, 5) is 4.48. The van der Waals surface area contributed by atoms with Crippen LogP contribution in [0.5, 0.6) is 0 Å². The molecule has 18 heavy (non-hydrogen) atoms. The zero-order valence-electron chi connectivity index (χ0n) is 10.4. The third-order valence-corrected chi connectivity index (χ3v) is 4.41. The predicted octanol–water partition coefficient (Wildman–Crippen LogP) is 1.27. The summed E-state index contributed by atoms with van der Waals surface area (Å²) in [5, 5.41) is 11.1. The minimum atomic E-state index is -0.129. The Morgan fingerprint density at radius 1 is 1.39 bits per heavy atom. The Kier molecular flexibility index (Phi) is 2.95. The first-order chi connectivity index (χ1) is 8.63. The first kappa shape index (κ1) is 12.2. The van der Waals surface area contributed by atoms with Crippen LogP contribution in [0.2, 0.25) is 0 Å². The fourth-order valence-electron chi connectivity index (χ4n) is 2.56. The second-order valence-electron chi connectivity index (χ2n) is 4.70. The van der Waals surface area contributed by atoms with E-state index in [0.717, 1.165) is 23.9 Å². The molecule has 3 rings (SSSR count). The number of thioether (sulfide) groups is 1. The lowest BCUT2D eigenvalue weighted by atomic mass is 10.1. The summed E-state index contributed by atoms with van der Waals surface area (Å²) >= 11 is 6.95. The highest BCUT2D eigenvalue weighted by Crippen LogP contribution is 2.32. The van der Waals surface area contributed by atoms with Crippen molar-refractivity contribution in [1.29, 1.82) is 0 Å². The summed E-state index contributed by atoms with van der Waals surface area (Å²) in [7, 11) is 1.93. The molecular formula is C10H16N6S2. The van der Waals surface area contributed by atoms with Gasteiger partial charge in [0.15, 0.2) is 0 Å². The fraction of sp³-hybridized carbons (Fsp3) is 0.700. The first-order valence-corrected chi connectivity index (χ1v) is 7.62. The van der Waals surface area contributed by atoms with Gasteiger partial charge in [-0.15, -0.1) is 5.10 Å². The number of nitrogens with zero attached hydrogens (tertiary/aromatic N) is 4. The second kappa shape index (κ2) is 4.36. The maximum absolute atomic E-state index is 5.42. The van der Waals surface area contributed by atoms with Gasteiger partial charge in [-0.05, 0) is 44.2 Å². The molecule has 0 atom stereocenters. The van der Waals surface area contributed by atoms with E-state index in [1.807, 2.05) is 18.3 Å². The molecule has 0 bridgehead atoms. The number of fused-ring (bicyclic) bond motifs is 1. The molecule has 2 heterocycles. The number of nitrogens with one attached hydrogen (secondary N) is 2. The normalized spacial score (nSPS) is 21.9. The van der Waals surface area contributed by atoms with Crippen molar-refractivity contribution in [2.45, 2.75) is 36.5 Å². The monoisotopic (exact) mass is 284 g/mol. The van der Waals surface area contributed by atoms with E-state index in [2.05, 4.69) is 20.8 Å².